The molecule has 7 heteroatoms. The van der Waals surface area contributed by atoms with E-state index in [1.165, 1.54) is 6.42 Å². The minimum absolute atomic E-state index is 0.178. The molecule has 1 aliphatic carbocycles. The van der Waals surface area contributed by atoms with E-state index in [2.05, 4.69) is 10.6 Å². The Morgan fingerprint density at radius 3 is 2.48 bits per heavy atom. The van der Waals surface area contributed by atoms with Crippen LogP contribution in [0, 0.1) is 0 Å². The Morgan fingerprint density at radius 1 is 0.871 bits per heavy atom. The van der Waals surface area contributed by atoms with Crippen LogP contribution in [0.4, 0.5) is 11.4 Å². The summed E-state index contributed by atoms with van der Waals surface area (Å²) >= 11 is 0. The lowest BCUT2D eigenvalue weighted by Gasteiger charge is -2.31. The van der Waals surface area contributed by atoms with Gasteiger partial charge >= 0.3 is 0 Å². The molecule has 2 amide bonds. The lowest BCUT2D eigenvalue weighted by molar-refractivity contribution is -0.124. The normalized spacial score (nSPS) is 21.1. The average Bonchev–Trinajstić information content (AvgIpc) is 3.42. The zero-order valence-electron chi connectivity index (χ0n) is 17.3. The van der Waals surface area contributed by atoms with Crippen LogP contribution in [0.5, 0.6) is 11.5 Å². The van der Waals surface area contributed by atoms with Crippen molar-refractivity contribution in [2.45, 2.75) is 56.8 Å². The fourth-order valence-electron chi connectivity index (χ4n) is 4.41. The number of amides is 2. The average molecular weight is 422 g/mol. The monoisotopic (exact) mass is 422 g/mol. The van der Waals surface area contributed by atoms with Gasteiger partial charge in [-0.15, -0.1) is 0 Å². The van der Waals surface area contributed by atoms with E-state index in [0.29, 0.717) is 29.3 Å². The van der Waals surface area contributed by atoms with E-state index >= 15 is 0 Å². The summed E-state index contributed by atoms with van der Waals surface area (Å²) in [5.41, 5.74) is 1.65. The number of anilines is 2. The Hall–Kier alpha value is -3.06. The van der Waals surface area contributed by atoms with Crippen molar-refractivity contribution in [2.24, 2.45) is 0 Å². The van der Waals surface area contributed by atoms with Crippen LogP contribution in [-0.4, -0.2) is 30.3 Å². The fourth-order valence-corrected chi connectivity index (χ4v) is 4.41. The maximum Gasteiger partial charge on any atom is 0.255 e. The molecule has 2 aromatic carbocycles. The Labute approximate surface area is 181 Å². The van der Waals surface area contributed by atoms with Crippen molar-refractivity contribution in [3.05, 3.63) is 48.0 Å². The molecule has 2 fully saturated rings. The van der Waals surface area contributed by atoms with Gasteiger partial charge in [0.15, 0.2) is 11.5 Å². The highest BCUT2D eigenvalue weighted by molar-refractivity contribution is 6.05. The number of hydrogen-bond acceptors (Lipinski definition) is 5. The lowest BCUT2D eigenvalue weighted by atomic mass is 9.94. The quantitative estimate of drug-likeness (QED) is 0.758. The van der Waals surface area contributed by atoms with E-state index in [1.54, 1.807) is 30.3 Å². The molecule has 2 heterocycles. The largest absolute Gasteiger partial charge is 0.448 e. The lowest BCUT2D eigenvalue weighted by Crippen LogP contribution is -2.40. The third-order valence-corrected chi connectivity index (χ3v) is 6.02. The molecule has 1 atom stereocenters. The minimum atomic E-state index is -0.543. The van der Waals surface area contributed by atoms with Crippen LogP contribution in [-0.2, 0) is 9.53 Å². The first-order valence-corrected chi connectivity index (χ1v) is 11.0. The van der Waals surface area contributed by atoms with Crippen molar-refractivity contribution in [3.63, 3.8) is 0 Å². The van der Waals surface area contributed by atoms with Crippen LogP contribution in [0.25, 0.3) is 0 Å². The molecule has 1 saturated heterocycles. The maximum atomic E-state index is 12.8. The molecule has 2 N–H and O–H groups in total. The number of carbonyl (C=O) groups excluding carboxylic acids is 2. The zero-order valence-corrected chi connectivity index (χ0v) is 17.3. The maximum absolute atomic E-state index is 12.8. The third kappa shape index (κ3) is 4.23. The number of hydrogen-bond donors (Lipinski definition) is 2. The molecule has 162 valence electrons. The molecule has 0 unspecified atom stereocenters. The second-order valence-electron chi connectivity index (χ2n) is 8.36. The first-order chi connectivity index (χ1) is 15.1. The molecule has 0 bridgehead atoms. The van der Waals surface area contributed by atoms with E-state index in [0.717, 1.165) is 44.3 Å². The van der Waals surface area contributed by atoms with Crippen molar-refractivity contribution in [2.75, 3.05) is 17.2 Å². The second kappa shape index (κ2) is 8.23. The van der Waals surface area contributed by atoms with Crippen LogP contribution in [0.2, 0.25) is 0 Å². The van der Waals surface area contributed by atoms with Gasteiger partial charge in [-0.3, -0.25) is 9.59 Å². The Morgan fingerprint density at radius 2 is 1.68 bits per heavy atom. The van der Waals surface area contributed by atoms with E-state index < -0.39 is 11.9 Å². The minimum Gasteiger partial charge on any atom is -0.448 e. The molecular formula is C24H26N2O5. The Bertz CT molecular complexity index is 993. The molecular weight excluding hydrogens is 396 g/mol. The van der Waals surface area contributed by atoms with Crippen molar-refractivity contribution in [1.29, 1.82) is 0 Å². The third-order valence-electron chi connectivity index (χ3n) is 6.02. The van der Waals surface area contributed by atoms with E-state index in [1.807, 2.05) is 12.1 Å². The standard InChI is InChI=1S/C24H26N2O5/c27-22(16-6-4-7-17(14-16)26-23(28)20-8-5-13-29-20)25-18-9-10-19-21(15-18)31-24(30-19)11-2-1-3-12-24/h4,6-7,9-10,14-15,20H,1-3,5,8,11-13H2,(H,25,27)(H,26,28)/t20-/m0/s1. The van der Waals surface area contributed by atoms with Gasteiger partial charge in [0.25, 0.3) is 17.6 Å². The highest BCUT2D eigenvalue weighted by atomic mass is 16.7. The fraction of sp³-hybridized carbons (Fsp3) is 0.417. The van der Waals surface area contributed by atoms with Crippen LogP contribution < -0.4 is 20.1 Å². The SMILES string of the molecule is O=C(Nc1ccc2c(c1)OC1(CCCCC1)O2)c1cccc(NC(=O)[C@@H]2CCCO2)c1. The number of nitrogens with one attached hydrogen (secondary N) is 2. The first kappa shape index (κ1) is 19.9. The summed E-state index contributed by atoms with van der Waals surface area (Å²) < 4.78 is 17.6. The number of benzene rings is 2. The molecule has 2 aliphatic heterocycles. The number of carbonyl (C=O) groups is 2. The second-order valence-corrected chi connectivity index (χ2v) is 8.36. The van der Waals surface area contributed by atoms with Crippen LogP contribution in [0.3, 0.4) is 0 Å². The van der Waals surface area contributed by atoms with Crippen molar-refractivity contribution in [1.82, 2.24) is 0 Å². The predicted octanol–water partition coefficient (Wildman–Crippen LogP) is 4.49. The van der Waals surface area contributed by atoms with E-state index in [-0.39, 0.29) is 11.8 Å². The van der Waals surface area contributed by atoms with Crippen LogP contribution in [0.1, 0.15) is 55.3 Å². The number of rotatable bonds is 4. The van der Waals surface area contributed by atoms with Gasteiger partial charge in [-0.25, -0.2) is 0 Å². The predicted molar refractivity (Wildman–Crippen MR) is 116 cm³/mol. The van der Waals surface area contributed by atoms with Crippen molar-refractivity contribution >= 4 is 23.2 Å². The van der Waals surface area contributed by atoms with Gasteiger partial charge in [-0.1, -0.05) is 12.5 Å². The Balaban J connectivity index is 1.25. The summed E-state index contributed by atoms with van der Waals surface area (Å²) in [4.78, 5) is 25.0. The summed E-state index contributed by atoms with van der Waals surface area (Å²) in [6, 6.07) is 12.3. The van der Waals surface area contributed by atoms with Gasteiger partial charge in [-0.2, -0.15) is 0 Å². The molecule has 1 spiro atoms. The van der Waals surface area contributed by atoms with Crippen molar-refractivity contribution < 1.29 is 23.8 Å². The van der Waals surface area contributed by atoms with Gasteiger partial charge in [0.1, 0.15) is 6.10 Å². The molecule has 7 nitrogen and oxygen atoms in total. The van der Waals surface area contributed by atoms with E-state index in [4.69, 9.17) is 14.2 Å². The molecule has 0 radical (unpaired) electrons. The molecule has 5 rings (SSSR count). The smallest absolute Gasteiger partial charge is 0.255 e. The number of ether oxygens (including phenoxy) is 3. The van der Waals surface area contributed by atoms with Crippen LogP contribution >= 0.6 is 0 Å². The topological polar surface area (TPSA) is 85.9 Å². The van der Waals surface area contributed by atoms with E-state index in [9.17, 15) is 9.59 Å². The highest BCUT2D eigenvalue weighted by Gasteiger charge is 2.42. The van der Waals surface area contributed by atoms with Crippen LogP contribution in [0.15, 0.2) is 42.5 Å². The van der Waals surface area contributed by atoms with Gasteiger partial charge in [0, 0.05) is 42.5 Å². The van der Waals surface area contributed by atoms with Gasteiger partial charge in [0.2, 0.25) is 0 Å². The molecule has 2 aromatic rings. The molecule has 3 aliphatic rings. The first-order valence-electron chi connectivity index (χ1n) is 11.0. The molecule has 31 heavy (non-hydrogen) atoms. The zero-order chi connectivity index (χ0) is 21.3. The van der Waals surface area contributed by atoms with Gasteiger partial charge < -0.3 is 24.8 Å². The summed E-state index contributed by atoms with van der Waals surface area (Å²) in [6.45, 7) is 0.608. The highest BCUT2D eigenvalue weighted by Crippen LogP contribution is 2.46. The Kier molecular flexibility index (Phi) is 5.28. The number of fused-ring (bicyclic) bond motifs is 1. The summed E-state index contributed by atoms with van der Waals surface area (Å²) in [7, 11) is 0. The van der Waals surface area contributed by atoms with Crippen molar-refractivity contribution in [3.8, 4) is 11.5 Å². The summed E-state index contributed by atoms with van der Waals surface area (Å²) in [5.74, 6) is 0.400. The molecule has 1 saturated carbocycles. The summed E-state index contributed by atoms with van der Waals surface area (Å²) in [5, 5.41) is 5.73. The summed E-state index contributed by atoms with van der Waals surface area (Å²) in [6.07, 6.45) is 6.35. The molecule has 0 aromatic heterocycles. The van der Waals surface area contributed by atoms with Gasteiger partial charge in [0.05, 0.1) is 0 Å². The van der Waals surface area contributed by atoms with Gasteiger partial charge in [-0.05, 0) is 56.0 Å².